The van der Waals surface area contributed by atoms with Crippen LogP contribution < -0.4 is 10.1 Å². The first-order valence-corrected chi connectivity index (χ1v) is 10.3. The molecule has 0 aliphatic rings. The van der Waals surface area contributed by atoms with Gasteiger partial charge in [-0.3, -0.25) is 9.78 Å². The van der Waals surface area contributed by atoms with Gasteiger partial charge < -0.3 is 10.1 Å². The Morgan fingerprint density at radius 1 is 1.07 bits per heavy atom. The first kappa shape index (κ1) is 20.6. The first-order valence-electron chi connectivity index (χ1n) is 10.3. The highest BCUT2D eigenvalue weighted by Crippen LogP contribution is 2.15. The van der Waals surface area contributed by atoms with Gasteiger partial charge in [-0.15, -0.1) is 0 Å². The molecule has 0 unspecified atom stereocenters. The minimum absolute atomic E-state index is 0.0999. The molecular weight excluding hydrogens is 360 g/mol. The minimum Gasteiger partial charge on any atom is -0.490 e. The summed E-state index contributed by atoms with van der Waals surface area (Å²) in [6.07, 6.45) is 10.8. The van der Waals surface area contributed by atoms with Crippen molar-refractivity contribution in [3.05, 3.63) is 84.1 Å². The summed E-state index contributed by atoms with van der Waals surface area (Å²) in [6.45, 7) is 3.22. The summed E-state index contributed by atoms with van der Waals surface area (Å²) in [4.78, 5) is 16.8. The third-order valence-electron chi connectivity index (χ3n) is 4.70. The Kier molecular flexibility index (Phi) is 7.81. The SMILES string of the molecule is CCCCC/C=C/COc1cccc(CNC(=O)c2ccc3ncccc3c2)c1. The van der Waals surface area contributed by atoms with Crippen LogP contribution in [0.2, 0.25) is 0 Å². The molecule has 0 radical (unpaired) electrons. The largest absolute Gasteiger partial charge is 0.490 e. The smallest absolute Gasteiger partial charge is 0.251 e. The topological polar surface area (TPSA) is 51.2 Å². The molecule has 0 fully saturated rings. The molecule has 1 N–H and O–H groups in total. The van der Waals surface area contributed by atoms with E-state index in [1.807, 2.05) is 48.5 Å². The number of pyridine rings is 1. The molecule has 2 aromatic carbocycles. The van der Waals surface area contributed by atoms with Crippen LogP contribution in [-0.4, -0.2) is 17.5 Å². The van der Waals surface area contributed by atoms with Crippen molar-refractivity contribution in [3.8, 4) is 5.75 Å². The lowest BCUT2D eigenvalue weighted by molar-refractivity contribution is 0.0951. The predicted molar refractivity (Wildman–Crippen MR) is 118 cm³/mol. The number of nitrogens with zero attached hydrogens (tertiary/aromatic N) is 1. The van der Waals surface area contributed by atoms with Crippen molar-refractivity contribution in [2.24, 2.45) is 0 Å². The van der Waals surface area contributed by atoms with E-state index >= 15 is 0 Å². The van der Waals surface area contributed by atoms with E-state index in [-0.39, 0.29) is 5.91 Å². The maximum Gasteiger partial charge on any atom is 0.251 e. The Bertz CT molecular complexity index is 966. The molecule has 0 aliphatic carbocycles. The van der Waals surface area contributed by atoms with Crippen molar-refractivity contribution in [1.82, 2.24) is 10.3 Å². The van der Waals surface area contributed by atoms with Crippen molar-refractivity contribution in [1.29, 1.82) is 0 Å². The Hall–Kier alpha value is -3.14. The van der Waals surface area contributed by atoms with E-state index in [1.165, 1.54) is 19.3 Å². The molecule has 0 saturated carbocycles. The fourth-order valence-electron chi connectivity index (χ4n) is 3.09. The Morgan fingerprint density at radius 3 is 2.90 bits per heavy atom. The van der Waals surface area contributed by atoms with Crippen LogP contribution in [0.25, 0.3) is 10.9 Å². The molecule has 0 aliphatic heterocycles. The standard InChI is InChI=1S/C25H28N2O2/c1-2-3-4-5-6-7-16-29-23-12-8-10-20(17-23)19-27-25(28)22-13-14-24-21(18-22)11-9-15-26-24/h6-15,17-18H,2-5,16,19H2,1H3,(H,27,28)/b7-6+. The Morgan fingerprint density at radius 2 is 2.00 bits per heavy atom. The zero-order valence-corrected chi connectivity index (χ0v) is 16.9. The van der Waals surface area contributed by atoms with E-state index in [0.717, 1.165) is 28.6 Å². The number of carbonyl (C=O) groups excluding carboxylic acids is 1. The van der Waals surface area contributed by atoms with E-state index in [1.54, 1.807) is 12.3 Å². The highest BCUT2D eigenvalue weighted by atomic mass is 16.5. The van der Waals surface area contributed by atoms with Gasteiger partial charge in [-0.05, 0) is 54.8 Å². The maximum atomic E-state index is 12.5. The summed E-state index contributed by atoms with van der Waals surface area (Å²) in [5.41, 5.74) is 2.52. The molecular formula is C25H28N2O2. The van der Waals surface area contributed by atoms with Gasteiger partial charge in [-0.1, -0.05) is 50.1 Å². The second kappa shape index (κ2) is 11.0. The second-order valence-corrected chi connectivity index (χ2v) is 7.02. The van der Waals surface area contributed by atoms with Gasteiger partial charge in [0, 0.05) is 23.7 Å². The lowest BCUT2D eigenvalue weighted by Gasteiger charge is -2.08. The van der Waals surface area contributed by atoms with E-state index < -0.39 is 0 Å². The van der Waals surface area contributed by atoms with Gasteiger partial charge >= 0.3 is 0 Å². The number of hydrogen-bond donors (Lipinski definition) is 1. The minimum atomic E-state index is -0.0999. The van der Waals surface area contributed by atoms with Crippen LogP contribution in [-0.2, 0) is 6.54 Å². The van der Waals surface area contributed by atoms with Gasteiger partial charge in [0.1, 0.15) is 12.4 Å². The molecule has 4 heteroatoms. The first-order chi connectivity index (χ1) is 14.3. The number of ether oxygens (including phenoxy) is 1. The van der Waals surface area contributed by atoms with Crippen molar-refractivity contribution in [3.63, 3.8) is 0 Å². The van der Waals surface area contributed by atoms with Crippen LogP contribution in [0.4, 0.5) is 0 Å². The Balaban J connectivity index is 1.49. The molecule has 1 aromatic heterocycles. The highest BCUT2D eigenvalue weighted by molar-refractivity contribution is 5.97. The van der Waals surface area contributed by atoms with Crippen LogP contribution >= 0.6 is 0 Å². The molecule has 3 aromatic rings. The van der Waals surface area contributed by atoms with Crippen molar-refractivity contribution >= 4 is 16.8 Å². The number of benzene rings is 2. The van der Waals surface area contributed by atoms with Crippen LogP contribution in [0, 0.1) is 0 Å². The zero-order valence-electron chi connectivity index (χ0n) is 16.9. The van der Waals surface area contributed by atoms with Gasteiger partial charge in [0.2, 0.25) is 0 Å². The van der Waals surface area contributed by atoms with E-state index in [4.69, 9.17) is 4.74 Å². The van der Waals surface area contributed by atoms with Gasteiger partial charge in [0.25, 0.3) is 5.91 Å². The van der Waals surface area contributed by atoms with Crippen molar-refractivity contribution < 1.29 is 9.53 Å². The lowest BCUT2D eigenvalue weighted by atomic mass is 10.1. The van der Waals surface area contributed by atoms with E-state index in [9.17, 15) is 4.79 Å². The molecule has 3 rings (SSSR count). The fraction of sp³-hybridized carbons (Fsp3) is 0.280. The maximum absolute atomic E-state index is 12.5. The summed E-state index contributed by atoms with van der Waals surface area (Å²) in [7, 11) is 0. The quantitative estimate of drug-likeness (QED) is 0.359. The summed E-state index contributed by atoms with van der Waals surface area (Å²) < 4.78 is 5.79. The number of amides is 1. The number of aromatic nitrogens is 1. The number of nitrogens with one attached hydrogen (secondary N) is 1. The third-order valence-corrected chi connectivity index (χ3v) is 4.70. The van der Waals surface area contributed by atoms with Gasteiger partial charge in [0.15, 0.2) is 0 Å². The average Bonchev–Trinajstić information content (AvgIpc) is 2.77. The fourth-order valence-corrected chi connectivity index (χ4v) is 3.09. The van der Waals surface area contributed by atoms with Gasteiger partial charge in [-0.25, -0.2) is 0 Å². The number of fused-ring (bicyclic) bond motifs is 1. The highest BCUT2D eigenvalue weighted by Gasteiger charge is 2.07. The monoisotopic (exact) mass is 388 g/mol. The van der Waals surface area contributed by atoms with Crippen LogP contribution in [0.5, 0.6) is 5.75 Å². The number of allylic oxidation sites excluding steroid dienone is 1. The van der Waals surface area contributed by atoms with Crippen molar-refractivity contribution in [2.75, 3.05) is 6.61 Å². The lowest BCUT2D eigenvalue weighted by Crippen LogP contribution is -2.22. The van der Waals surface area contributed by atoms with Gasteiger partial charge in [0.05, 0.1) is 5.52 Å². The summed E-state index contributed by atoms with van der Waals surface area (Å²) in [6, 6.07) is 17.2. The number of unbranched alkanes of at least 4 members (excludes halogenated alkanes) is 3. The van der Waals surface area contributed by atoms with Crippen LogP contribution in [0.1, 0.15) is 48.5 Å². The number of carbonyl (C=O) groups is 1. The van der Waals surface area contributed by atoms with Gasteiger partial charge in [-0.2, -0.15) is 0 Å². The molecule has 0 spiro atoms. The summed E-state index contributed by atoms with van der Waals surface area (Å²) in [5.74, 6) is 0.712. The molecule has 29 heavy (non-hydrogen) atoms. The van der Waals surface area contributed by atoms with Crippen LogP contribution in [0.3, 0.4) is 0 Å². The summed E-state index contributed by atoms with van der Waals surface area (Å²) in [5, 5.41) is 3.93. The molecule has 0 saturated heterocycles. The predicted octanol–water partition coefficient (Wildman–Crippen LogP) is 5.68. The van der Waals surface area contributed by atoms with Crippen LogP contribution in [0.15, 0.2) is 72.9 Å². The van der Waals surface area contributed by atoms with Crippen molar-refractivity contribution in [2.45, 2.75) is 39.2 Å². The normalized spacial score (nSPS) is 11.1. The molecule has 0 bridgehead atoms. The zero-order chi connectivity index (χ0) is 20.3. The second-order valence-electron chi connectivity index (χ2n) is 7.02. The third kappa shape index (κ3) is 6.46. The molecule has 0 atom stereocenters. The number of rotatable bonds is 10. The molecule has 1 amide bonds. The molecule has 4 nitrogen and oxygen atoms in total. The average molecular weight is 389 g/mol. The number of hydrogen-bond acceptors (Lipinski definition) is 3. The Labute approximate surface area is 172 Å². The molecule has 1 heterocycles. The van der Waals surface area contributed by atoms with E-state index in [2.05, 4.69) is 29.4 Å². The molecule has 150 valence electrons. The van der Waals surface area contributed by atoms with E-state index in [0.29, 0.717) is 18.7 Å². The summed E-state index contributed by atoms with van der Waals surface area (Å²) >= 11 is 0.